The second-order valence-corrected chi connectivity index (χ2v) is 5.56. The number of nitrogens with one attached hydrogen (secondary N) is 1. The normalized spacial score (nSPS) is 12.7. The molecule has 0 bridgehead atoms. The third-order valence-electron chi connectivity index (χ3n) is 3.12. The zero-order chi connectivity index (χ0) is 14.0. The Morgan fingerprint density at radius 2 is 1.79 bits per heavy atom. The molecular formula is C15H20ClN3. The van der Waals surface area contributed by atoms with Gasteiger partial charge in [-0.3, -0.25) is 0 Å². The summed E-state index contributed by atoms with van der Waals surface area (Å²) in [5, 5.41) is 4.22. The summed E-state index contributed by atoms with van der Waals surface area (Å²) in [6.07, 6.45) is 2.07. The van der Waals surface area contributed by atoms with E-state index in [1.807, 2.05) is 31.2 Å². The average Bonchev–Trinajstić information content (AvgIpc) is 2.71. The molecule has 1 aromatic carbocycles. The second kappa shape index (κ2) is 5.66. The third-order valence-corrected chi connectivity index (χ3v) is 3.38. The van der Waals surface area contributed by atoms with E-state index in [9.17, 15) is 0 Å². The van der Waals surface area contributed by atoms with Crippen LogP contribution in [0.4, 0.5) is 5.95 Å². The summed E-state index contributed by atoms with van der Waals surface area (Å²) in [7, 11) is 0. The van der Waals surface area contributed by atoms with Gasteiger partial charge in [0, 0.05) is 17.3 Å². The molecule has 2 aromatic rings. The molecule has 0 radical (unpaired) electrons. The minimum absolute atomic E-state index is 0.191. The van der Waals surface area contributed by atoms with Crippen LogP contribution in [0.25, 0.3) is 0 Å². The van der Waals surface area contributed by atoms with E-state index in [1.54, 1.807) is 0 Å². The standard InChI is InChI=1S/C15H20ClN3/c1-10(2)19-9-11(3)17-15(19)18-12(4)13-5-7-14(16)8-6-13/h5-10,12H,1-4H3,(H,17,18). The van der Waals surface area contributed by atoms with Gasteiger partial charge in [-0.15, -0.1) is 0 Å². The minimum atomic E-state index is 0.191. The van der Waals surface area contributed by atoms with Gasteiger partial charge in [0.15, 0.2) is 0 Å². The molecule has 0 amide bonds. The van der Waals surface area contributed by atoms with E-state index in [2.05, 4.69) is 41.8 Å². The highest BCUT2D eigenvalue weighted by molar-refractivity contribution is 6.30. The maximum absolute atomic E-state index is 5.91. The summed E-state index contributed by atoms with van der Waals surface area (Å²) in [6.45, 7) is 8.44. The molecule has 1 unspecified atom stereocenters. The molecule has 1 aromatic heterocycles. The van der Waals surface area contributed by atoms with Crippen molar-refractivity contribution in [1.82, 2.24) is 9.55 Å². The van der Waals surface area contributed by atoms with Gasteiger partial charge in [-0.25, -0.2) is 4.98 Å². The predicted molar refractivity (Wildman–Crippen MR) is 80.8 cm³/mol. The van der Waals surface area contributed by atoms with Crippen molar-refractivity contribution in [2.45, 2.75) is 39.8 Å². The van der Waals surface area contributed by atoms with E-state index in [0.717, 1.165) is 16.7 Å². The number of nitrogens with zero attached hydrogens (tertiary/aromatic N) is 2. The van der Waals surface area contributed by atoms with Crippen LogP contribution in [0.2, 0.25) is 5.02 Å². The molecule has 2 rings (SSSR count). The molecule has 0 saturated carbocycles. The van der Waals surface area contributed by atoms with Crippen LogP contribution in [0.5, 0.6) is 0 Å². The van der Waals surface area contributed by atoms with Gasteiger partial charge in [0.05, 0.1) is 11.7 Å². The molecule has 0 aliphatic rings. The number of anilines is 1. The molecule has 19 heavy (non-hydrogen) atoms. The lowest BCUT2D eigenvalue weighted by Gasteiger charge is -2.18. The SMILES string of the molecule is Cc1cn(C(C)C)c(NC(C)c2ccc(Cl)cc2)n1. The zero-order valence-electron chi connectivity index (χ0n) is 11.8. The Morgan fingerprint density at radius 1 is 1.16 bits per heavy atom. The third kappa shape index (κ3) is 3.29. The summed E-state index contributed by atoms with van der Waals surface area (Å²) in [6, 6.07) is 8.48. The summed E-state index contributed by atoms with van der Waals surface area (Å²) in [5.41, 5.74) is 2.22. The number of hydrogen-bond donors (Lipinski definition) is 1. The van der Waals surface area contributed by atoms with Gasteiger partial charge in [-0.1, -0.05) is 23.7 Å². The van der Waals surface area contributed by atoms with Crippen LogP contribution in [-0.4, -0.2) is 9.55 Å². The fraction of sp³-hybridized carbons (Fsp3) is 0.400. The summed E-state index contributed by atoms with van der Waals surface area (Å²) >= 11 is 5.91. The molecule has 0 fully saturated rings. The lowest BCUT2D eigenvalue weighted by atomic mass is 10.1. The first-order valence-corrected chi connectivity index (χ1v) is 6.92. The van der Waals surface area contributed by atoms with E-state index in [4.69, 9.17) is 11.6 Å². The van der Waals surface area contributed by atoms with Crippen molar-refractivity contribution in [2.75, 3.05) is 5.32 Å². The summed E-state index contributed by atoms with van der Waals surface area (Å²) < 4.78 is 2.15. The maximum Gasteiger partial charge on any atom is 0.203 e. The van der Waals surface area contributed by atoms with Crippen molar-refractivity contribution in [3.8, 4) is 0 Å². The first-order chi connectivity index (χ1) is 8.97. The number of aromatic nitrogens is 2. The molecule has 0 spiro atoms. The van der Waals surface area contributed by atoms with Crippen molar-refractivity contribution >= 4 is 17.5 Å². The molecule has 3 nitrogen and oxygen atoms in total. The van der Waals surface area contributed by atoms with Gasteiger partial charge in [-0.2, -0.15) is 0 Å². The quantitative estimate of drug-likeness (QED) is 0.885. The first-order valence-electron chi connectivity index (χ1n) is 6.55. The molecule has 1 heterocycles. The van der Waals surface area contributed by atoms with Gasteiger partial charge in [-0.05, 0) is 45.4 Å². The van der Waals surface area contributed by atoms with E-state index < -0.39 is 0 Å². The van der Waals surface area contributed by atoms with Gasteiger partial charge in [0.2, 0.25) is 5.95 Å². The van der Waals surface area contributed by atoms with E-state index in [1.165, 1.54) is 5.56 Å². The highest BCUT2D eigenvalue weighted by Crippen LogP contribution is 2.22. The Bertz CT molecular complexity index is 543. The summed E-state index contributed by atoms with van der Waals surface area (Å²) in [5.74, 6) is 0.912. The lowest BCUT2D eigenvalue weighted by Crippen LogP contribution is -2.12. The van der Waals surface area contributed by atoms with Crippen LogP contribution in [-0.2, 0) is 0 Å². The number of halogens is 1. The smallest absolute Gasteiger partial charge is 0.203 e. The molecule has 0 saturated heterocycles. The molecule has 1 N–H and O–H groups in total. The Balaban J connectivity index is 2.18. The topological polar surface area (TPSA) is 29.9 Å². The van der Waals surface area contributed by atoms with Crippen molar-refractivity contribution in [2.24, 2.45) is 0 Å². The fourth-order valence-electron chi connectivity index (χ4n) is 2.04. The largest absolute Gasteiger partial charge is 0.349 e. The maximum atomic E-state index is 5.91. The molecule has 0 aliphatic carbocycles. The van der Waals surface area contributed by atoms with Crippen molar-refractivity contribution in [3.63, 3.8) is 0 Å². The molecular weight excluding hydrogens is 258 g/mol. The Hall–Kier alpha value is -1.48. The summed E-state index contributed by atoms with van der Waals surface area (Å²) in [4.78, 5) is 4.54. The average molecular weight is 278 g/mol. The predicted octanol–water partition coefficient (Wildman–Crippen LogP) is 4.60. The lowest BCUT2D eigenvalue weighted by molar-refractivity contribution is 0.600. The van der Waals surface area contributed by atoms with Crippen LogP contribution in [0.3, 0.4) is 0 Å². The van der Waals surface area contributed by atoms with Crippen LogP contribution in [0.1, 0.15) is 44.1 Å². The van der Waals surface area contributed by atoms with Crippen LogP contribution >= 0.6 is 11.6 Å². The Kier molecular flexibility index (Phi) is 4.15. The molecule has 102 valence electrons. The number of aryl methyl sites for hydroxylation is 1. The fourth-order valence-corrected chi connectivity index (χ4v) is 2.17. The van der Waals surface area contributed by atoms with Gasteiger partial charge in [0.1, 0.15) is 0 Å². The van der Waals surface area contributed by atoms with Gasteiger partial charge in [0.25, 0.3) is 0 Å². The van der Waals surface area contributed by atoms with Gasteiger partial charge < -0.3 is 9.88 Å². The second-order valence-electron chi connectivity index (χ2n) is 5.12. The Labute approximate surface area is 119 Å². The minimum Gasteiger partial charge on any atom is -0.349 e. The van der Waals surface area contributed by atoms with Crippen LogP contribution in [0.15, 0.2) is 30.5 Å². The molecule has 4 heteroatoms. The molecule has 1 atom stereocenters. The first kappa shape index (κ1) is 13.9. The highest BCUT2D eigenvalue weighted by atomic mass is 35.5. The van der Waals surface area contributed by atoms with Crippen molar-refractivity contribution < 1.29 is 0 Å². The Morgan fingerprint density at radius 3 is 2.37 bits per heavy atom. The molecule has 0 aliphatic heterocycles. The van der Waals surface area contributed by atoms with E-state index >= 15 is 0 Å². The number of hydrogen-bond acceptors (Lipinski definition) is 2. The van der Waals surface area contributed by atoms with E-state index in [0.29, 0.717) is 6.04 Å². The van der Waals surface area contributed by atoms with Crippen LogP contribution in [0, 0.1) is 6.92 Å². The van der Waals surface area contributed by atoms with Crippen molar-refractivity contribution in [1.29, 1.82) is 0 Å². The zero-order valence-corrected chi connectivity index (χ0v) is 12.6. The van der Waals surface area contributed by atoms with Crippen LogP contribution < -0.4 is 5.32 Å². The van der Waals surface area contributed by atoms with Gasteiger partial charge >= 0.3 is 0 Å². The monoisotopic (exact) mass is 277 g/mol. The number of rotatable bonds is 4. The van der Waals surface area contributed by atoms with E-state index in [-0.39, 0.29) is 6.04 Å². The number of benzene rings is 1. The number of imidazole rings is 1. The van der Waals surface area contributed by atoms with Crippen molar-refractivity contribution in [3.05, 3.63) is 46.7 Å². The highest BCUT2D eigenvalue weighted by Gasteiger charge is 2.12.